The maximum atomic E-state index is 12.7. The average Bonchev–Trinajstić information content (AvgIpc) is 3.12. The minimum absolute atomic E-state index is 0.0157. The lowest BCUT2D eigenvalue weighted by Crippen LogP contribution is -2.44. The van der Waals surface area contributed by atoms with Crippen molar-refractivity contribution in [3.63, 3.8) is 0 Å². The molecule has 138 valence electrons. The first kappa shape index (κ1) is 17.6. The summed E-state index contributed by atoms with van der Waals surface area (Å²) in [7, 11) is -3.43. The van der Waals surface area contributed by atoms with Crippen LogP contribution >= 0.6 is 0 Å². The summed E-state index contributed by atoms with van der Waals surface area (Å²) < 4.78 is 28.4. The predicted octanol–water partition coefficient (Wildman–Crippen LogP) is 2.51. The van der Waals surface area contributed by atoms with E-state index in [1.165, 1.54) is 16.7 Å². The van der Waals surface area contributed by atoms with Crippen molar-refractivity contribution in [1.82, 2.24) is 14.6 Å². The second-order valence-electron chi connectivity index (χ2n) is 7.31. The van der Waals surface area contributed by atoms with Crippen LogP contribution in [0.15, 0.2) is 47.6 Å². The summed E-state index contributed by atoms with van der Waals surface area (Å²) in [5, 5.41) is 0. The van der Waals surface area contributed by atoms with Gasteiger partial charge in [0, 0.05) is 38.1 Å². The van der Waals surface area contributed by atoms with E-state index in [-0.39, 0.29) is 6.04 Å². The standard InChI is InChI=1S/C20H25N3O2S/c24-26(25,20-5-4-17-2-1-3-18(17)14-20)22-19-8-12-23(13-9-19)15-16-6-10-21-11-7-16/h4-7,10-11,14,19,22H,1-3,8-9,12-13,15H2. The van der Waals surface area contributed by atoms with Crippen molar-refractivity contribution in [2.75, 3.05) is 13.1 Å². The first-order valence-electron chi connectivity index (χ1n) is 9.35. The number of rotatable bonds is 5. The van der Waals surface area contributed by atoms with Crippen LogP contribution in [0.25, 0.3) is 0 Å². The smallest absolute Gasteiger partial charge is 0.240 e. The predicted molar refractivity (Wildman–Crippen MR) is 101 cm³/mol. The first-order chi connectivity index (χ1) is 12.6. The molecule has 0 radical (unpaired) electrons. The van der Waals surface area contributed by atoms with Crippen molar-refractivity contribution in [3.05, 3.63) is 59.4 Å². The Labute approximate surface area is 155 Å². The maximum absolute atomic E-state index is 12.7. The summed E-state index contributed by atoms with van der Waals surface area (Å²) in [4.78, 5) is 6.83. The van der Waals surface area contributed by atoms with Gasteiger partial charge in [-0.2, -0.15) is 0 Å². The van der Waals surface area contributed by atoms with Crippen LogP contribution in [0.2, 0.25) is 0 Å². The third kappa shape index (κ3) is 3.98. The summed E-state index contributed by atoms with van der Waals surface area (Å²) in [6.07, 6.45) is 8.50. The number of hydrogen-bond donors (Lipinski definition) is 1. The van der Waals surface area contributed by atoms with E-state index in [2.05, 4.69) is 14.6 Å². The Hall–Kier alpha value is -1.76. The van der Waals surface area contributed by atoms with Crippen molar-refractivity contribution in [2.45, 2.75) is 49.6 Å². The van der Waals surface area contributed by atoms with Gasteiger partial charge in [0.2, 0.25) is 10.0 Å². The highest BCUT2D eigenvalue weighted by Crippen LogP contribution is 2.25. The highest BCUT2D eigenvalue weighted by atomic mass is 32.2. The van der Waals surface area contributed by atoms with Gasteiger partial charge in [0.1, 0.15) is 0 Å². The molecule has 5 nitrogen and oxygen atoms in total. The van der Waals surface area contributed by atoms with E-state index in [9.17, 15) is 8.42 Å². The number of likely N-dealkylation sites (tertiary alicyclic amines) is 1. The van der Waals surface area contributed by atoms with Gasteiger partial charge in [0.15, 0.2) is 0 Å². The van der Waals surface area contributed by atoms with Gasteiger partial charge < -0.3 is 0 Å². The number of nitrogens with zero attached hydrogens (tertiary/aromatic N) is 2. The van der Waals surface area contributed by atoms with Crippen LogP contribution in [0.1, 0.15) is 36.0 Å². The SMILES string of the molecule is O=S(=O)(NC1CCN(Cc2ccncc2)CC1)c1ccc2c(c1)CCC2. The zero-order valence-corrected chi connectivity index (χ0v) is 15.7. The second kappa shape index (κ2) is 7.47. The molecular formula is C20H25N3O2S. The average molecular weight is 372 g/mol. The fraction of sp³-hybridized carbons (Fsp3) is 0.450. The van der Waals surface area contributed by atoms with Crippen LogP contribution in [0.4, 0.5) is 0 Å². The van der Waals surface area contributed by atoms with E-state index in [0.29, 0.717) is 4.90 Å². The molecule has 0 saturated carbocycles. The van der Waals surface area contributed by atoms with E-state index in [1.54, 1.807) is 6.07 Å². The summed E-state index contributed by atoms with van der Waals surface area (Å²) in [5.74, 6) is 0. The summed E-state index contributed by atoms with van der Waals surface area (Å²) >= 11 is 0. The Morgan fingerprint density at radius 1 is 1.04 bits per heavy atom. The van der Waals surface area contributed by atoms with Gasteiger partial charge in [-0.05, 0) is 73.1 Å². The van der Waals surface area contributed by atoms with Crippen molar-refractivity contribution in [1.29, 1.82) is 0 Å². The molecule has 1 aliphatic heterocycles. The Kier molecular flexibility index (Phi) is 5.07. The fourth-order valence-electron chi connectivity index (χ4n) is 3.96. The number of hydrogen-bond acceptors (Lipinski definition) is 4. The number of sulfonamides is 1. The lowest BCUT2D eigenvalue weighted by atomic mass is 10.1. The van der Waals surface area contributed by atoms with Crippen LogP contribution in [0.5, 0.6) is 0 Å². The summed E-state index contributed by atoms with van der Waals surface area (Å²) in [6.45, 7) is 2.70. The van der Waals surface area contributed by atoms with Crippen molar-refractivity contribution < 1.29 is 8.42 Å². The van der Waals surface area contributed by atoms with Crippen LogP contribution < -0.4 is 4.72 Å². The van der Waals surface area contributed by atoms with Gasteiger partial charge in [0.25, 0.3) is 0 Å². The number of fused-ring (bicyclic) bond motifs is 1. The third-order valence-corrected chi connectivity index (χ3v) is 6.96. The molecule has 1 saturated heterocycles. The van der Waals surface area contributed by atoms with Crippen molar-refractivity contribution in [2.24, 2.45) is 0 Å². The summed E-state index contributed by atoms with van der Waals surface area (Å²) in [6, 6.07) is 9.68. The molecule has 2 aromatic rings. The van der Waals surface area contributed by atoms with Gasteiger partial charge >= 0.3 is 0 Å². The van der Waals surface area contributed by atoms with Crippen LogP contribution in [0.3, 0.4) is 0 Å². The molecule has 0 spiro atoms. The van der Waals surface area contributed by atoms with E-state index >= 15 is 0 Å². The fourth-order valence-corrected chi connectivity index (χ4v) is 5.31. The zero-order valence-electron chi connectivity index (χ0n) is 14.9. The third-order valence-electron chi connectivity index (χ3n) is 5.45. The Balaban J connectivity index is 1.35. The second-order valence-corrected chi connectivity index (χ2v) is 9.03. The monoisotopic (exact) mass is 371 g/mol. The van der Waals surface area contributed by atoms with Crippen LogP contribution in [0, 0.1) is 0 Å². The number of pyridine rings is 1. The van der Waals surface area contributed by atoms with E-state index in [0.717, 1.165) is 51.7 Å². The van der Waals surface area contributed by atoms with E-state index in [1.807, 2.05) is 36.7 Å². The molecule has 4 rings (SSSR count). The Bertz CT molecular complexity index is 860. The molecule has 6 heteroatoms. The van der Waals surface area contributed by atoms with E-state index in [4.69, 9.17) is 0 Å². The molecule has 0 amide bonds. The molecule has 1 aromatic heterocycles. The molecule has 1 aliphatic carbocycles. The molecule has 0 bridgehead atoms. The highest BCUT2D eigenvalue weighted by Gasteiger charge is 2.25. The van der Waals surface area contributed by atoms with Crippen molar-refractivity contribution in [3.8, 4) is 0 Å². The molecule has 1 N–H and O–H groups in total. The van der Waals surface area contributed by atoms with Crippen LogP contribution in [-0.2, 0) is 29.4 Å². The van der Waals surface area contributed by atoms with Crippen molar-refractivity contribution >= 4 is 10.0 Å². The number of aromatic nitrogens is 1. The topological polar surface area (TPSA) is 62.3 Å². The molecule has 2 heterocycles. The highest BCUT2D eigenvalue weighted by molar-refractivity contribution is 7.89. The van der Waals surface area contributed by atoms with Gasteiger partial charge in [-0.3, -0.25) is 9.88 Å². The van der Waals surface area contributed by atoms with Gasteiger partial charge in [-0.1, -0.05) is 6.07 Å². The van der Waals surface area contributed by atoms with E-state index < -0.39 is 10.0 Å². The minimum Gasteiger partial charge on any atom is -0.299 e. The molecule has 0 atom stereocenters. The maximum Gasteiger partial charge on any atom is 0.240 e. The quantitative estimate of drug-likeness (QED) is 0.877. The number of aryl methyl sites for hydroxylation is 2. The molecule has 1 fully saturated rings. The Morgan fingerprint density at radius 2 is 1.77 bits per heavy atom. The van der Waals surface area contributed by atoms with Gasteiger partial charge in [0.05, 0.1) is 4.90 Å². The summed E-state index contributed by atoms with van der Waals surface area (Å²) in [5.41, 5.74) is 3.74. The van der Waals surface area contributed by atoms with Crippen LogP contribution in [-0.4, -0.2) is 37.4 Å². The minimum atomic E-state index is -3.43. The molecule has 0 unspecified atom stereocenters. The van der Waals surface area contributed by atoms with Gasteiger partial charge in [-0.25, -0.2) is 13.1 Å². The zero-order chi connectivity index (χ0) is 18.0. The largest absolute Gasteiger partial charge is 0.299 e. The molecule has 1 aromatic carbocycles. The number of piperidine rings is 1. The number of nitrogens with one attached hydrogen (secondary N) is 1. The lowest BCUT2D eigenvalue weighted by molar-refractivity contribution is 0.200. The number of benzene rings is 1. The molecule has 26 heavy (non-hydrogen) atoms. The molecular weight excluding hydrogens is 346 g/mol. The van der Waals surface area contributed by atoms with Gasteiger partial charge in [-0.15, -0.1) is 0 Å². The lowest BCUT2D eigenvalue weighted by Gasteiger charge is -2.32. The molecule has 2 aliphatic rings. The normalized spacial score (nSPS) is 18.8. The first-order valence-corrected chi connectivity index (χ1v) is 10.8. The Morgan fingerprint density at radius 3 is 2.54 bits per heavy atom.